The van der Waals surface area contributed by atoms with Gasteiger partial charge < -0.3 is 10.2 Å². The Morgan fingerprint density at radius 3 is 2.68 bits per heavy atom. The third-order valence-corrected chi connectivity index (χ3v) is 6.56. The summed E-state index contributed by atoms with van der Waals surface area (Å²) in [5.74, 6) is 0.858. The van der Waals surface area contributed by atoms with Crippen molar-refractivity contribution in [2.24, 2.45) is 5.92 Å². The molecule has 0 heterocycles. The predicted molar refractivity (Wildman–Crippen MR) is 101 cm³/mol. The van der Waals surface area contributed by atoms with Crippen molar-refractivity contribution >= 4 is 0 Å². The van der Waals surface area contributed by atoms with Crippen LogP contribution in [0.1, 0.15) is 55.7 Å². The normalized spacial score (nSPS) is 31.7. The minimum absolute atomic E-state index is 0.0725. The fraction of sp³-hybridized carbons (Fsp3) is 0.478. The van der Waals surface area contributed by atoms with E-state index in [9.17, 15) is 10.2 Å². The van der Waals surface area contributed by atoms with Crippen LogP contribution in [0.15, 0.2) is 48.5 Å². The molecule has 2 aliphatic carbocycles. The molecule has 0 bridgehead atoms. The van der Waals surface area contributed by atoms with E-state index < -0.39 is 5.60 Å². The highest BCUT2D eigenvalue weighted by Gasteiger charge is 2.49. The van der Waals surface area contributed by atoms with Gasteiger partial charge in [-0.2, -0.15) is 0 Å². The highest BCUT2D eigenvalue weighted by atomic mass is 16.3. The molecule has 132 valence electrons. The zero-order chi connectivity index (χ0) is 17.5. The summed E-state index contributed by atoms with van der Waals surface area (Å²) in [7, 11) is 0. The largest absolute Gasteiger partial charge is 0.508 e. The molecule has 0 aliphatic heterocycles. The first-order chi connectivity index (χ1) is 12.0. The molecular formula is C23H28O2. The standard InChI is InChI=1S/C23H28O2/c1-22(25)12-13-23(15-17-6-3-2-4-7-17)19(16-22)9-5-8-18-14-20(24)10-11-21(18)23/h2-4,6-7,10-11,14,19,24-25H,5,8-9,12-13,15-16H2,1H3/t19-,22-,23-/m1/s1. The molecule has 1 saturated carbocycles. The van der Waals surface area contributed by atoms with Gasteiger partial charge in [-0.1, -0.05) is 36.4 Å². The molecule has 3 atom stereocenters. The summed E-state index contributed by atoms with van der Waals surface area (Å²) in [6, 6.07) is 16.7. The Labute approximate surface area is 150 Å². The number of hydrogen-bond acceptors (Lipinski definition) is 2. The Hall–Kier alpha value is -1.80. The van der Waals surface area contributed by atoms with Crippen LogP contribution in [0.5, 0.6) is 5.75 Å². The molecule has 25 heavy (non-hydrogen) atoms. The molecular weight excluding hydrogens is 308 g/mol. The van der Waals surface area contributed by atoms with Crippen molar-refractivity contribution < 1.29 is 10.2 Å². The molecule has 2 N–H and O–H groups in total. The summed E-state index contributed by atoms with van der Waals surface area (Å²) in [5.41, 5.74) is 3.61. The van der Waals surface area contributed by atoms with E-state index in [1.165, 1.54) is 16.7 Å². The second-order valence-corrected chi connectivity index (χ2v) is 8.45. The summed E-state index contributed by atoms with van der Waals surface area (Å²) in [6.45, 7) is 2.00. The summed E-state index contributed by atoms with van der Waals surface area (Å²) in [4.78, 5) is 0. The third kappa shape index (κ3) is 3.08. The van der Waals surface area contributed by atoms with Crippen LogP contribution in [-0.4, -0.2) is 15.8 Å². The highest BCUT2D eigenvalue weighted by molar-refractivity contribution is 5.43. The van der Waals surface area contributed by atoms with Gasteiger partial charge >= 0.3 is 0 Å². The van der Waals surface area contributed by atoms with Gasteiger partial charge in [0.2, 0.25) is 0 Å². The quantitative estimate of drug-likeness (QED) is 0.830. The third-order valence-electron chi connectivity index (χ3n) is 6.56. The molecule has 1 fully saturated rings. The predicted octanol–water partition coefficient (Wildman–Crippen LogP) is 4.76. The van der Waals surface area contributed by atoms with Crippen molar-refractivity contribution in [3.8, 4) is 5.75 Å². The van der Waals surface area contributed by atoms with Gasteiger partial charge in [-0.15, -0.1) is 0 Å². The van der Waals surface area contributed by atoms with E-state index in [4.69, 9.17) is 0 Å². The lowest BCUT2D eigenvalue weighted by Crippen LogP contribution is -2.47. The minimum Gasteiger partial charge on any atom is -0.508 e. The average Bonchev–Trinajstić information content (AvgIpc) is 2.72. The van der Waals surface area contributed by atoms with E-state index in [0.717, 1.165) is 44.9 Å². The maximum Gasteiger partial charge on any atom is 0.115 e. The Morgan fingerprint density at radius 1 is 1.08 bits per heavy atom. The van der Waals surface area contributed by atoms with Crippen molar-refractivity contribution in [2.45, 2.75) is 62.9 Å². The second-order valence-electron chi connectivity index (χ2n) is 8.45. The van der Waals surface area contributed by atoms with Crippen LogP contribution in [0.3, 0.4) is 0 Å². The lowest BCUT2D eigenvalue weighted by atomic mass is 9.56. The van der Waals surface area contributed by atoms with E-state index in [2.05, 4.69) is 36.4 Å². The summed E-state index contributed by atoms with van der Waals surface area (Å²) >= 11 is 0. The first kappa shape index (κ1) is 16.7. The number of phenolic OH excluding ortho intramolecular Hbond substituents is 1. The second kappa shape index (κ2) is 6.17. The van der Waals surface area contributed by atoms with Crippen LogP contribution in [0.4, 0.5) is 0 Å². The smallest absolute Gasteiger partial charge is 0.115 e. The summed E-state index contributed by atoms with van der Waals surface area (Å²) < 4.78 is 0. The fourth-order valence-corrected chi connectivity index (χ4v) is 5.36. The number of aromatic hydroxyl groups is 1. The van der Waals surface area contributed by atoms with Crippen LogP contribution < -0.4 is 0 Å². The topological polar surface area (TPSA) is 40.5 Å². The number of fused-ring (bicyclic) bond motifs is 3. The number of rotatable bonds is 2. The van der Waals surface area contributed by atoms with Crippen molar-refractivity contribution in [3.63, 3.8) is 0 Å². The molecule has 0 saturated heterocycles. The Balaban J connectivity index is 1.84. The van der Waals surface area contributed by atoms with E-state index in [-0.39, 0.29) is 5.41 Å². The number of phenols is 1. The molecule has 2 aliphatic rings. The van der Waals surface area contributed by atoms with E-state index >= 15 is 0 Å². The van der Waals surface area contributed by atoms with Gasteiger partial charge in [0.1, 0.15) is 5.75 Å². The first-order valence-electron chi connectivity index (χ1n) is 9.57. The zero-order valence-electron chi connectivity index (χ0n) is 15.0. The number of aliphatic hydroxyl groups is 1. The number of benzene rings is 2. The average molecular weight is 336 g/mol. The van der Waals surface area contributed by atoms with Crippen molar-refractivity contribution in [2.75, 3.05) is 0 Å². The van der Waals surface area contributed by atoms with Crippen molar-refractivity contribution in [3.05, 3.63) is 65.2 Å². The van der Waals surface area contributed by atoms with Gasteiger partial charge in [0, 0.05) is 5.41 Å². The Bertz CT molecular complexity index is 750. The molecule has 2 aromatic carbocycles. The summed E-state index contributed by atoms with van der Waals surface area (Å²) in [5, 5.41) is 20.7. The molecule has 0 amide bonds. The maximum atomic E-state index is 10.7. The zero-order valence-corrected chi connectivity index (χ0v) is 15.0. The van der Waals surface area contributed by atoms with Crippen molar-refractivity contribution in [1.82, 2.24) is 0 Å². The van der Waals surface area contributed by atoms with Gasteiger partial charge in [-0.3, -0.25) is 0 Å². The van der Waals surface area contributed by atoms with Crippen LogP contribution in [0, 0.1) is 5.92 Å². The Morgan fingerprint density at radius 2 is 1.88 bits per heavy atom. The van der Waals surface area contributed by atoms with E-state index in [0.29, 0.717) is 11.7 Å². The first-order valence-corrected chi connectivity index (χ1v) is 9.57. The van der Waals surface area contributed by atoms with Gasteiger partial charge in [0.15, 0.2) is 0 Å². The molecule has 0 spiro atoms. The van der Waals surface area contributed by atoms with E-state index in [1.54, 1.807) is 0 Å². The molecule has 2 heteroatoms. The summed E-state index contributed by atoms with van der Waals surface area (Å²) in [6.07, 6.45) is 7.06. The van der Waals surface area contributed by atoms with Gasteiger partial charge in [-0.05, 0) is 86.6 Å². The van der Waals surface area contributed by atoms with Gasteiger partial charge in [0.05, 0.1) is 5.60 Å². The molecule has 2 aromatic rings. The maximum absolute atomic E-state index is 10.7. The van der Waals surface area contributed by atoms with Crippen LogP contribution in [0.2, 0.25) is 0 Å². The molecule has 0 unspecified atom stereocenters. The van der Waals surface area contributed by atoms with Gasteiger partial charge in [-0.25, -0.2) is 0 Å². The lowest BCUT2D eigenvalue weighted by molar-refractivity contribution is -0.0330. The van der Waals surface area contributed by atoms with Gasteiger partial charge in [0.25, 0.3) is 0 Å². The minimum atomic E-state index is -0.549. The molecule has 0 radical (unpaired) electrons. The Kier molecular flexibility index (Phi) is 4.11. The highest BCUT2D eigenvalue weighted by Crippen LogP contribution is 2.53. The molecule has 0 aromatic heterocycles. The molecule has 2 nitrogen and oxygen atoms in total. The lowest BCUT2D eigenvalue weighted by Gasteiger charge is -2.49. The van der Waals surface area contributed by atoms with Crippen LogP contribution in [0.25, 0.3) is 0 Å². The van der Waals surface area contributed by atoms with E-state index in [1.807, 2.05) is 19.1 Å². The monoisotopic (exact) mass is 336 g/mol. The SMILES string of the molecule is C[C@@]1(O)CC[C@]2(Cc3ccccc3)c3ccc(O)cc3CCC[C@@H]2C1. The van der Waals surface area contributed by atoms with Crippen LogP contribution in [-0.2, 0) is 18.3 Å². The number of aryl methyl sites for hydroxylation is 1. The van der Waals surface area contributed by atoms with Crippen LogP contribution >= 0.6 is 0 Å². The number of hydrogen-bond donors (Lipinski definition) is 2. The molecule has 4 rings (SSSR count). The fourth-order valence-electron chi connectivity index (χ4n) is 5.36. The van der Waals surface area contributed by atoms with Crippen molar-refractivity contribution in [1.29, 1.82) is 0 Å².